The molecule has 0 spiro atoms. The normalized spacial score (nSPS) is 20.3. The Morgan fingerprint density at radius 1 is 1.26 bits per heavy atom. The molecule has 0 bridgehead atoms. The lowest BCUT2D eigenvalue weighted by Crippen LogP contribution is -2.43. The molecular formula is C18H26N2O3. The molecule has 2 N–H and O–H groups in total. The fourth-order valence-electron chi connectivity index (χ4n) is 3.17. The maximum absolute atomic E-state index is 12.5. The summed E-state index contributed by atoms with van der Waals surface area (Å²) >= 11 is 0. The molecule has 23 heavy (non-hydrogen) atoms. The summed E-state index contributed by atoms with van der Waals surface area (Å²) in [5.41, 5.74) is 2.81. The largest absolute Gasteiger partial charge is 0.392 e. The lowest BCUT2D eigenvalue weighted by atomic mass is 10.0. The van der Waals surface area contributed by atoms with E-state index in [0.29, 0.717) is 19.4 Å². The number of aryl methyl sites for hydroxylation is 2. The highest BCUT2D eigenvalue weighted by Crippen LogP contribution is 2.27. The summed E-state index contributed by atoms with van der Waals surface area (Å²) in [6.07, 6.45) is 1.67. The molecule has 2 atom stereocenters. The number of para-hydroxylation sites is 1. The Bertz CT molecular complexity index is 565. The number of anilines is 1. The topological polar surface area (TPSA) is 69.6 Å². The van der Waals surface area contributed by atoms with Crippen molar-refractivity contribution in [1.82, 2.24) is 4.90 Å². The molecule has 5 nitrogen and oxygen atoms in total. The van der Waals surface area contributed by atoms with Gasteiger partial charge in [-0.15, -0.1) is 0 Å². The van der Waals surface area contributed by atoms with Crippen LogP contribution < -0.4 is 5.32 Å². The standard InChI is InChI=1S/C18H26N2O3/c1-4-20(18(23)14-9-6-10-15(14)21)11-16(22)19-17-12(2)7-5-8-13(17)3/h5,7-8,14-15,21H,4,6,9-11H2,1-3H3,(H,19,22). The number of nitrogens with one attached hydrogen (secondary N) is 1. The van der Waals surface area contributed by atoms with E-state index in [4.69, 9.17) is 0 Å². The molecule has 126 valence electrons. The number of aliphatic hydroxyl groups excluding tert-OH is 1. The zero-order valence-electron chi connectivity index (χ0n) is 14.1. The van der Waals surface area contributed by atoms with Gasteiger partial charge in [0.05, 0.1) is 18.6 Å². The highest BCUT2D eigenvalue weighted by molar-refractivity contribution is 5.96. The first kappa shape index (κ1) is 17.5. The first-order valence-electron chi connectivity index (χ1n) is 8.27. The van der Waals surface area contributed by atoms with Gasteiger partial charge in [0.25, 0.3) is 0 Å². The van der Waals surface area contributed by atoms with Gasteiger partial charge >= 0.3 is 0 Å². The number of rotatable bonds is 5. The van der Waals surface area contributed by atoms with Crippen LogP contribution in [0.3, 0.4) is 0 Å². The third-order valence-corrected chi connectivity index (χ3v) is 4.57. The Balaban J connectivity index is 2.01. The minimum absolute atomic E-state index is 0.0202. The number of hydrogen-bond acceptors (Lipinski definition) is 3. The van der Waals surface area contributed by atoms with Gasteiger partial charge in [-0.25, -0.2) is 0 Å². The summed E-state index contributed by atoms with van der Waals surface area (Å²) in [4.78, 5) is 26.3. The van der Waals surface area contributed by atoms with Crippen molar-refractivity contribution < 1.29 is 14.7 Å². The fraction of sp³-hybridized carbons (Fsp3) is 0.556. The number of likely N-dealkylation sites (N-methyl/N-ethyl adjacent to an activating group) is 1. The van der Waals surface area contributed by atoms with E-state index in [2.05, 4.69) is 5.32 Å². The van der Waals surface area contributed by atoms with Crippen LogP contribution in [0.25, 0.3) is 0 Å². The molecule has 0 aliphatic heterocycles. The van der Waals surface area contributed by atoms with E-state index in [9.17, 15) is 14.7 Å². The quantitative estimate of drug-likeness (QED) is 0.875. The van der Waals surface area contributed by atoms with Crippen LogP contribution in [0, 0.1) is 19.8 Å². The smallest absolute Gasteiger partial charge is 0.244 e. The first-order chi connectivity index (χ1) is 10.9. The van der Waals surface area contributed by atoms with Crippen LogP contribution >= 0.6 is 0 Å². The van der Waals surface area contributed by atoms with E-state index >= 15 is 0 Å². The van der Waals surface area contributed by atoms with Gasteiger partial charge in [-0.1, -0.05) is 18.2 Å². The van der Waals surface area contributed by atoms with E-state index in [0.717, 1.165) is 23.2 Å². The second kappa shape index (κ2) is 7.59. The molecular weight excluding hydrogens is 292 g/mol. The minimum atomic E-state index is -0.571. The Labute approximate surface area is 137 Å². The molecule has 1 saturated carbocycles. The highest BCUT2D eigenvalue weighted by Gasteiger charge is 2.34. The van der Waals surface area contributed by atoms with E-state index < -0.39 is 6.10 Å². The predicted molar refractivity (Wildman–Crippen MR) is 90.1 cm³/mol. The van der Waals surface area contributed by atoms with Crippen molar-refractivity contribution in [2.24, 2.45) is 5.92 Å². The zero-order valence-corrected chi connectivity index (χ0v) is 14.1. The number of carbonyl (C=O) groups is 2. The molecule has 1 fully saturated rings. The van der Waals surface area contributed by atoms with E-state index in [-0.39, 0.29) is 24.3 Å². The second-order valence-electron chi connectivity index (χ2n) is 6.27. The third-order valence-electron chi connectivity index (χ3n) is 4.57. The molecule has 1 aromatic rings. The molecule has 0 radical (unpaired) electrons. The number of hydrogen-bond donors (Lipinski definition) is 2. The minimum Gasteiger partial charge on any atom is -0.392 e. The average molecular weight is 318 g/mol. The Morgan fingerprint density at radius 2 is 1.91 bits per heavy atom. The van der Waals surface area contributed by atoms with E-state index in [1.165, 1.54) is 4.90 Å². The van der Waals surface area contributed by atoms with Crippen LogP contribution in [-0.4, -0.2) is 41.0 Å². The number of carbonyl (C=O) groups excluding carboxylic acids is 2. The maximum atomic E-state index is 12.5. The summed E-state index contributed by atoms with van der Waals surface area (Å²) in [5, 5.41) is 12.8. The van der Waals surface area contributed by atoms with Gasteiger partial charge in [0.2, 0.25) is 11.8 Å². The van der Waals surface area contributed by atoms with Crippen LogP contribution in [0.4, 0.5) is 5.69 Å². The number of amides is 2. The molecule has 0 heterocycles. The molecule has 2 rings (SSSR count). The van der Waals surface area contributed by atoms with Gasteiger partial charge in [0.1, 0.15) is 0 Å². The van der Waals surface area contributed by atoms with Crippen molar-refractivity contribution in [3.63, 3.8) is 0 Å². The van der Waals surface area contributed by atoms with Gasteiger partial charge < -0.3 is 15.3 Å². The van der Waals surface area contributed by atoms with E-state index in [1.807, 2.05) is 39.0 Å². The number of aliphatic hydroxyl groups is 1. The van der Waals surface area contributed by atoms with Gasteiger partial charge in [0, 0.05) is 12.2 Å². The molecule has 1 aromatic carbocycles. The maximum Gasteiger partial charge on any atom is 0.244 e. The fourth-order valence-corrected chi connectivity index (χ4v) is 3.17. The van der Waals surface area contributed by atoms with Crippen LogP contribution in [0.5, 0.6) is 0 Å². The lowest BCUT2D eigenvalue weighted by Gasteiger charge is -2.25. The van der Waals surface area contributed by atoms with E-state index in [1.54, 1.807) is 0 Å². The van der Waals surface area contributed by atoms with Crippen molar-refractivity contribution in [3.05, 3.63) is 29.3 Å². The predicted octanol–water partition coefficient (Wildman–Crippen LogP) is 2.25. The number of benzene rings is 1. The molecule has 2 amide bonds. The van der Waals surface area contributed by atoms with Crippen molar-refractivity contribution in [1.29, 1.82) is 0 Å². The summed E-state index contributed by atoms with van der Waals surface area (Å²) in [6.45, 7) is 6.22. The second-order valence-corrected chi connectivity index (χ2v) is 6.27. The summed E-state index contributed by atoms with van der Waals surface area (Å²) < 4.78 is 0. The van der Waals surface area contributed by atoms with Gasteiger partial charge in [-0.05, 0) is 51.2 Å². The van der Waals surface area contributed by atoms with Crippen LogP contribution in [0.2, 0.25) is 0 Å². The highest BCUT2D eigenvalue weighted by atomic mass is 16.3. The van der Waals surface area contributed by atoms with Crippen molar-refractivity contribution >= 4 is 17.5 Å². The molecule has 1 aliphatic rings. The zero-order chi connectivity index (χ0) is 17.0. The Kier molecular flexibility index (Phi) is 5.77. The SMILES string of the molecule is CCN(CC(=O)Nc1c(C)cccc1C)C(=O)C1CCCC1O. The summed E-state index contributed by atoms with van der Waals surface area (Å²) in [7, 11) is 0. The van der Waals surface area contributed by atoms with Crippen LogP contribution in [0.15, 0.2) is 18.2 Å². The lowest BCUT2D eigenvalue weighted by molar-refractivity contribution is -0.140. The summed E-state index contributed by atoms with van der Waals surface area (Å²) in [5.74, 6) is -0.679. The molecule has 1 aliphatic carbocycles. The Hall–Kier alpha value is -1.88. The summed E-state index contributed by atoms with van der Waals surface area (Å²) in [6, 6.07) is 5.84. The molecule has 0 aromatic heterocycles. The Morgan fingerprint density at radius 3 is 2.43 bits per heavy atom. The van der Waals surface area contributed by atoms with Crippen molar-refractivity contribution in [2.75, 3.05) is 18.4 Å². The molecule has 0 saturated heterocycles. The van der Waals surface area contributed by atoms with Crippen molar-refractivity contribution in [2.45, 2.75) is 46.1 Å². The van der Waals surface area contributed by atoms with Gasteiger partial charge in [-0.2, -0.15) is 0 Å². The average Bonchev–Trinajstić information content (AvgIpc) is 2.94. The monoisotopic (exact) mass is 318 g/mol. The van der Waals surface area contributed by atoms with Gasteiger partial charge in [-0.3, -0.25) is 9.59 Å². The third kappa shape index (κ3) is 4.10. The van der Waals surface area contributed by atoms with Gasteiger partial charge in [0.15, 0.2) is 0 Å². The van der Waals surface area contributed by atoms with Crippen molar-refractivity contribution in [3.8, 4) is 0 Å². The molecule has 2 unspecified atom stereocenters. The number of nitrogens with zero attached hydrogens (tertiary/aromatic N) is 1. The molecule has 5 heteroatoms. The first-order valence-corrected chi connectivity index (χ1v) is 8.27. The van der Waals surface area contributed by atoms with Crippen LogP contribution in [-0.2, 0) is 9.59 Å². The van der Waals surface area contributed by atoms with Crippen LogP contribution in [0.1, 0.15) is 37.3 Å².